The maximum absolute atomic E-state index is 5.92. The largest absolute Gasteiger partial charge is 0.378 e. The van der Waals surface area contributed by atoms with Gasteiger partial charge in [0.25, 0.3) is 0 Å². The minimum Gasteiger partial charge on any atom is -0.378 e. The van der Waals surface area contributed by atoms with Crippen molar-refractivity contribution in [3.05, 3.63) is 0 Å². The van der Waals surface area contributed by atoms with Gasteiger partial charge in [-0.1, -0.05) is 0 Å². The Morgan fingerprint density at radius 3 is 2.40 bits per heavy atom. The Labute approximate surface area is 93.0 Å². The Morgan fingerprint density at radius 1 is 1.33 bits per heavy atom. The van der Waals surface area contributed by atoms with E-state index in [-0.39, 0.29) is 0 Å². The van der Waals surface area contributed by atoms with Gasteiger partial charge < -0.3 is 10.5 Å². The van der Waals surface area contributed by atoms with Gasteiger partial charge in [0.15, 0.2) is 0 Å². The second-order valence-electron chi connectivity index (χ2n) is 4.92. The number of hydrogen-bond donors (Lipinski definition) is 1. The monoisotopic (exact) mass is 212 g/mol. The first-order valence-corrected chi connectivity index (χ1v) is 6.37. The van der Waals surface area contributed by atoms with Crippen molar-refractivity contribution in [3.63, 3.8) is 0 Å². The van der Waals surface area contributed by atoms with Gasteiger partial charge in [0.2, 0.25) is 0 Å². The van der Waals surface area contributed by atoms with E-state index in [4.69, 9.17) is 10.5 Å². The lowest BCUT2D eigenvalue weighted by Crippen LogP contribution is -2.60. The van der Waals surface area contributed by atoms with E-state index in [1.807, 2.05) is 0 Å². The molecular formula is C12H24N2O. The lowest BCUT2D eigenvalue weighted by Gasteiger charge is -2.52. The molecule has 1 heterocycles. The van der Waals surface area contributed by atoms with Crippen molar-refractivity contribution in [1.29, 1.82) is 0 Å². The summed E-state index contributed by atoms with van der Waals surface area (Å²) in [5.74, 6) is 0. The number of likely N-dealkylation sites (tertiary alicyclic amines) is 1. The Kier molecular flexibility index (Phi) is 3.65. The molecule has 2 fully saturated rings. The van der Waals surface area contributed by atoms with Gasteiger partial charge in [-0.3, -0.25) is 4.90 Å². The molecule has 0 spiro atoms. The highest BCUT2D eigenvalue weighted by atomic mass is 16.5. The normalized spacial score (nSPS) is 27.6. The Bertz CT molecular complexity index is 190. The summed E-state index contributed by atoms with van der Waals surface area (Å²) in [4.78, 5) is 2.62. The molecule has 0 unspecified atom stereocenters. The van der Waals surface area contributed by atoms with E-state index < -0.39 is 0 Å². The molecule has 0 aromatic rings. The molecule has 0 radical (unpaired) electrons. The molecule has 0 amide bonds. The van der Waals surface area contributed by atoms with Crippen LogP contribution in [0.15, 0.2) is 0 Å². The number of piperidine rings is 1. The molecule has 1 saturated carbocycles. The summed E-state index contributed by atoms with van der Waals surface area (Å²) >= 11 is 0. The van der Waals surface area contributed by atoms with Crippen LogP contribution in [-0.4, -0.2) is 42.8 Å². The Balaban J connectivity index is 1.82. The molecule has 0 atom stereocenters. The van der Waals surface area contributed by atoms with Gasteiger partial charge in [-0.05, 0) is 39.0 Å². The number of rotatable bonds is 4. The fourth-order valence-corrected chi connectivity index (χ4v) is 2.97. The molecule has 1 saturated heterocycles. The highest BCUT2D eigenvalue weighted by molar-refractivity contribution is 5.00. The fourth-order valence-electron chi connectivity index (χ4n) is 2.97. The predicted molar refractivity (Wildman–Crippen MR) is 61.9 cm³/mol. The third-order valence-electron chi connectivity index (χ3n) is 4.18. The first kappa shape index (κ1) is 11.4. The van der Waals surface area contributed by atoms with Crippen LogP contribution in [0.3, 0.4) is 0 Å². The molecule has 15 heavy (non-hydrogen) atoms. The van der Waals surface area contributed by atoms with E-state index in [9.17, 15) is 0 Å². The number of hydrogen-bond acceptors (Lipinski definition) is 3. The molecule has 1 aliphatic carbocycles. The van der Waals surface area contributed by atoms with Crippen molar-refractivity contribution in [1.82, 2.24) is 4.90 Å². The minimum absolute atomic E-state index is 0.372. The number of nitrogens with two attached hydrogens (primary N) is 1. The molecule has 2 N–H and O–H groups in total. The van der Waals surface area contributed by atoms with E-state index in [0.29, 0.717) is 11.6 Å². The summed E-state index contributed by atoms with van der Waals surface area (Å²) in [6.45, 7) is 6.14. The third-order valence-corrected chi connectivity index (χ3v) is 4.18. The molecule has 0 aromatic carbocycles. The van der Waals surface area contributed by atoms with Gasteiger partial charge in [0.1, 0.15) is 0 Å². The van der Waals surface area contributed by atoms with Gasteiger partial charge in [0, 0.05) is 31.8 Å². The topological polar surface area (TPSA) is 38.5 Å². The van der Waals surface area contributed by atoms with E-state index in [1.165, 1.54) is 45.2 Å². The van der Waals surface area contributed by atoms with E-state index >= 15 is 0 Å². The minimum atomic E-state index is 0.372. The first-order valence-electron chi connectivity index (χ1n) is 6.37. The van der Waals surface area contributed by atoms with Crippen molar-refractivity contribution in [2.24, 2.45) is 5.73 Å². The zero-order valence-corrected chi connectivity index (χ0v) is 9.87. The summed E-state index contributed by atoms with van der Waals surface area (Å²) in [5.41, 5.74) is 6.29. The average molecular weight is 212 g/mol. The van der Waals surface area contributed by atoms with Gasteiger partial charge in [-0.15, -0.1) is 0 Å². The highest BCUT2D eigenvalue weighted by Gasteiger charge is 2.42. The Morgan fingerprint density at radius 2 is 2.00 bits per heavy atom. The first-order chi connectivity index (χ1) is 7.30. The van der Waals surface area contributed by atoms with Crippen molar-refractivity contribution in [3.8, 4) is 0 Å². The summed E-state index contributed by atoms with van der Waals surface area (Å²) in [7, 11) is 0. The maximum Gasteiger partial charge on any atom is 0.0599 e. The van der Waals surface area contributed by atoms with E-state index in [2.05, 4.69) is 11.8 Å². The third kappa shape index (κ3) is 2.19. The number of nitrogens with zero attached hydrogens (tertiary/aromatic N) is 1. The average Bonchev–Trinajstić information content (AvgIpc) is 2.20. The highest BCUT2D eigenvalue weighted by Crippen LogP contribution is 2.38. The van der Waals surface area contributed by atoms with Crippen LogP contribution in [0.25, 0.3) is 0 Å². The molecule has 1 aliphatic heterocycles. The zero-order valence-electron chi connectivity index (χ0n) is 9.87. The smallest absolute Gasteiger partial charge is 0.0599 e. The maximum atomic E-state index is 5.92. The molecule has 2 aliphatic rings. The van der Waals surface area contributed by atoms with Crippen LogP contribution in [0.4, 0.5) is 0 Å². The summed E-state index contributed by atoms with van der Waals surface area (Å²) in [6, 6.07) is 0. The lowest BCUT2D eigenvalue weighted by molar-refractivity contribution is -0.0432. The van der Waals surface area contributed by atoms with Crippen LogP contribution in [0.2, 0.25) is 0 Å². The second-order valence-corrected chi connectivity index (χ2v) is 4.92. The van der Waals surface area contributed by atoms with Crippen LogP contribution < -0.4 is 5.73 Å². The van der Waals surface area contributed by atoms with Crippen molar-refractivity contribution >= 4 is 0 Å². The number of ether oxygens (including phenoxy) is 1. The summed E-state index contributed by atoms with van der Waals surface area (Å²) in [5, 5.41) is 0. The lowest BCUT2D eigenvalue weighted by atomic mass is 9.74. The summed E-state index contributed by atoms with van der Waals surface area (Å²) < 4.78 is 5.67. The molecule has 88 valence electrons. The van der Waals surface area contributed by atoms with Crippen molar-refractivity contribution < 1.29 is 4.74 Å². The molecule has 0 aromatic heterocycles. The molecular weight excluding hydrogens is 188 g/mol. The van der Waals surface area contributed by atoms with Gasteiger partial charge in [-0.2, -0.15) is 0 Å². The van der Waals surface area contributed by atoms with Crippen molar-refractivity contribution in [2.75, 3.05) is 26.2 Å². The Hall–Kier alpha value is -0.120. The molecule has 2 rings (SSSR count). The molecule has 3 heteroatoms. The van der Waals surface area contributed by atoms with E-state index in [1.54, 1.807) is 0 Å². The van der Waals surface area contributed by atoms with Crippen LogP contribution >= 0.6 is 0 Å². The van der Waals surface area contributed by atoms with Crippen LogP contribution in [0, 0.1) is 0 Å². The standard InChI is InChI=1S/C12H24N2O/c1-2-15-11-4-8-14(9-5-11)12(10-13)6-3-7-12/h11H,2-10,13H2,1H3. The van der Waals surface area contributed by atoms with Gasteiger partial charge in [0.05, 0.1) is 6.10 Å². The van der Waals surface area contributed by atoms with Crippen LogP contribution in [0.5, 0.6) is 0 Å². The van der Waals surface area contributed by atoms with Gasteiger partial charge >= 0.3 is 0 Å². The second kappa shape index (κ2) is 4.81. The van der Waals surface area contributed by atoms with E-state index in [0.717, 1.165) is 13.2 Å². The van der Waals surface area contributed by atoms with Crippen molar-refractivity contribution in [2.45, 2.75) is 50.7 Å². The quantitative estimate of drug-likeness (QED) is 0.765. The zero-order chi connectivity index (χ0) is 10.7. The molecule has 0 bridgehead atoms. The van der Waals surface area contributed by atoms with Gasteiger partial charge in [-0.25, -0.2) is 0 Å². The predicted octanol–water partition coefficient (Wildman–Crippen LogP) is 1.37. The SMILES string of the molecule is CCOC1CCN(C2(CN)CCC2)CC1. The fraction of sp³-hybridized carbons (Fsp3) is 1.00. The van der Waals surface area contributed by atoms with Crippen LogP contribution in [0.1, 0.15) is 39.0 Å². The summed E-state index contributed by atoms with van der Waals surface area (Å²) in [6.07, 6.45) is 6.86. The molecule has 3 nitrogen and oxygen atoms in total. The van der Waals surface area contributed by atoms with Crippen LogP contribution in [-0.2, 0) is 4.74 Å².